The first-order chi connectivity index (χ1) is 52.7. The van der Waals surface area contributed by atoms with Crippen LogP contribution in [0.3, 0.4) is 0 Å². The van der Waals surface area contributed by atoms with E-state index in [1.165, 1.54) is 16.7 Å². The minimum Gasteiger partial charge on any atom is -0.458 e. The number of carbonyl (C=O) groups excluding carboxylic acids is 9. The van der Waals surface area contributed by atoms with Gasteiger partial charge in [0.2, 0.25) is 41.4 Å². The second-order valence-electron chi connectivity index (χ2n) is 30.2. The Hall–Kier alpha value is -10.9. The van der Waals surface area contributed by atoms with Crippen LogP contribution < -0.4 is 37.2 Å². The number of nitrogens with zero attached hydrogens (tertiary/aromatic N) is 1. The molecule has 0 unspecified atom stereocenters. The molecule has 1 aliphatic heterocycles. The van der Waals surface area contributed by atoms with Gasteiger partial charge in [-0.2, -0.15) is 0 Å². The number of esters is 1. The van der Waals surface area contributed by atoms with Crippen molar-refractivity contribution in [2.45, 2.75) is 159 Å². The third kappa shape index (κ3) is 20.1. The van der Waals surface area contributed by atoms with Crippen LogP contribution in [-0.4, -0.2) is 138 Å². The van der Waals surface area contributed by atoms with Crippen LogP contribution in [0.25, 0.3) is 11.1 Å². The Morgan fingerprint density at radius 3 is 1.38 bits per heavy atom. The van der Waals surface area contributed by atoms with E-state index in [-0.39, 0.29) is 31.2 Å². The summed E-state index contributed by atoms with van der Waals surface area (Å²) in [5.41, 5.74) is 5.52. The van der Waals surface area contributed by atoms with E-state index in [9.17, 15) is 24.0 Å². The van der Waals surface area contributed by atoms with Crippen molar-refractivity contribution in [1.29, 1.82) is 0 Å². The van der Waals surface area contributed by atoms with Gasteiger partial charge in [0.25, 0.3) is 0 Å². The number of rotatable bonds is 32. The lowest BCUT2D eigenvalue weighted by molar-refractivity contribution is -0.160. The van der Waals surface area contributed by atoms with Crippen LogP contribution in [-0.2, 0) is 62.9 Å². The summed E-state index contributed by atoms with van der Waals surface area (Å²) in [6.45, 7) is 16.6. The molecule has 576 valence electrons. The standard InChI is InChI=1S/C89H102N8O12S/c1-11-58(3)78(94-77(100)54-91-85(106)107-56-71-69-49-33-31-47-67(69)68-48-32-34-50-70(68)71)82(103)90-53-76(99)92-73(57-110-89(63-41-25-16-26-42-63,64-43-27-17-28-44-64)65-45-29-18-30-46-65)80(101)93-72(52-75(98)96-88(60-35-19-13-20-36-60,61-37-21-14-22-38-61)62-39-23-15-24-40-62)83(104)97-55-66(108-86(5,6)7)51-74(97)81(102)95-79(59(4)12-2)84(105)109-87(8,9)10/h13-50,58-59,66,71-74,78-79H,11-12,51-57H2,1-10H3,(H,90,103)(H,91,106)(H,92,99)(H,93,101)(H,94,100)(H,95,102)(H,96,98)/t58-,59-,66+,72-,73-,74-,78-,79-/m0/s1. The van der Waals surface area contributed by atoms with Crippen LogP contribution in [0.5, 0.6) is 0 Å². The molecule has 0 radical (unpaired) electrons. The average Bonchev–Trinajstić information content (AvgIpc) is 1.16. The lowest BCUT2D eigenvalue weighted by atomic mass is 9.77. The zero-order chi connectivity index (χ0) is 78.8. The third-order valence-corrected chi connectivity index (χ3v) is 21.8. The quantitative estimate of drug-likeness (QED) is 0.0153. The van der Waals surface area contributed by atoms with E-state index in [1.54, 1.807) is 27.7 Å². The smallest absolute Gasteiger partial charge is 0.407 e. The van der Waals surface area contributed by atoms with E-state index in [0.29, 0.717) is 29.5 Å². The van der Waals surface area contributed by atoms with Crippen molar-refractivity contribution in [3.8, 4) is 11.1 Å². The van der Waals surface area contributed by atoms with E-state index in [2.05, 4.69) is 37.2 Å². The topological polar surface area (TPSA) is 269 Å². The van der Waals surface area contributed by atoms with E-state index < -0.39 is 143 Å². The zero-order valence-corrected chi connectivity index (χ0v) is 65.1. The van der Waals surface area contributed by atoms with Crippen molar-refractivity contribution in [3.63, 3.8) is 0 Å². The van der Waals surface area contributed by atoms with Crippen LogP contribution in [0, 0.1) is 11.8 Å². The largest absolute Gasteiger partial charge is 0.458 e. The van der Waals surface area contributed by atoms with Gasteiger partial charge in [0.05, 0.1) is 29.4 Å². The molecule has 8 atom stereocenters. The number of ether oxygens (including phenoxy) is 3. The molecule has 8 aromatic carbocycles. The highest BCUT2D eigenvalue weighted by atomic mass is 32.2. The minimum absolute atomic E-state index is 0.0126. The van der Waals surface area contributed by atoms with Gasteiger partial charge in [-0.15, -0.1) is 11.8 Å². The molecule has 0 aromatic heterocycles. The van der Waals surface area contributed by atoms with Crippen molar-refractivity contribution in [3.05, 3.63) is 275 Å². The zero-order valence-electron chi connectivity index (χ0n) is 64.3. The highest BCUT2D eigenvalue weighted by molar-refractivity contribution is 8.00. The molecule has 7 N–H and O–H groups in total. The van der Waals surface area contributed by atoms with Crippen LogP contribution in [0.1, 0.15) is 145 Å². The molecule has 1 saturated heterocycles. The Morgan fingerprint density at radius 2 is 0.918 bits per heavy atom. The summed E-state index contributed by atoms with van der Waals surface area (Å²) in [5, 5.41) is 20.1. The first-order valence-electron chi connectivity index (χ1n) is 37.8. The predicted octanol–water partition coefficient (Wildman–Crippen LogP) is 12.0. The van der Waals surface area contributed by atoms with Gasteiger partial charge in [0.1, 0.15) is 54.5 Å². The summed E-state index contributed by atoms with van der Waals surface area (Å²) in [6.07, 6.45) is -1.47. The van der Waals surface area contributed by atoms with Crippen molar-refractivity contribution < 1.29 is 57.4 Å². The SMILES string of the molecule is CC[C@H](C)[C@H](NC(=O)CNC(=O)OCC1c2ccccc2-c2ccccc21)C(=O)NCC(=O)N[C@@H](CSC(c1ccccc1)(c1ccccc1)c1ccccc1)C(=O)N[C@@H](CC(=O)NC(c1ccccc1)(c1ccccc1)c1ccccc1)C(=O)N1C[C@H](OC(C)(C)C)C[C@H]1C(=O)N[C@H](C(=O)OC(C)(C)C)[C@@H](C)CC. The lowest BCUT2D eigenvalue weighted by Crippen LogP contribution is -2.60. The Morgan fingerprint density at radius 1 is 0.482 bits per heavy atom. The predicted molar refractivity (Wildman–Crippen MR) is 427 cm³/mol. The number of nitrogens with one attached hydrogen (secondary N) is 7. The fourth-order valence-corrected chi connectivity index (χ4v) is 16.0. The number of likely N-dealkylation sites (tertiary alicyclic amines) is 1. The second-order valence-corrected chi connectivity index (χ2v) is 31.4. The fraction of sp³-hybridized carbons (Fsp3) is 0.360. The van der Waals surface area contributed by atoms with E-state index >= 15 is 19.2 Å². The van der Waals surface area contributed by atoms with Crippen molar-refractivity contribution >= 4 is 65.2 Å². The second kappa shape index (κ2) is 37.0. The van der Waals surface area contributed by atoms with Crippen LogP contribution in [0.2, 0.25) is 0 Å². The van der Waals surface area contributed by atoms with E-state index in [4.69, 9.17) is 14.2 Å². The van der Waals surface area contributed by atoms with Crippen LogP contribution in [0.15, 0.2) is 231 Å². The number of benzene rings is 8. The maximum absolute atomic E-state index is 16.4. The monoisotopic (exact) mass is 1510 g/mol. The fourth-order valence-electron chi connectivity index (χ4n) is 14.5. The first-order valence-corrected chi connectivity index (χ1v) is 38.8. The number of alkyl carbamates (subject to hydrolysis) is 1. The highest BCUT2D eigenvalue weighted by Crippen LogP contribution is 2.49. The van der Waals surface area contributed by atoms with Crippen molar-refractivity contribution in [2.75, 3.05) is 32.0 Å². The number of hydrogen-bond donors (Lipinski definition) is 7. The Labute approximate surface area is 649 Å². The number of hydrogen-bond acceptors (Lipinski definition) is 13. The summed E-state index contributed by atoms with van der Waals surface area (Å²) in [5.74, 6) is -7.43. The van der Waals surface area contributed by atoms with Gasteiger partial charge < -0.3 is 56.3 Å². The van der Waals surface area contributed by atoms with E-state index in [1.807, 2.05) is 272 Å². The Bertz CT molecular complexity index is 4230. The molecular formula is C89H102N8O12S. The van der Waals surface area contributed by atoms with Crippen molar-refractivity contribution in [2.24, 2.45) is 11.8 Å². The number of fused-ring (bicyclic) bond motifs is 3. The van der Waals surface area contributed by atoms with Crippen molar-refractivity contribution in [1.82, 2.24) is 42.1 Å². The normalized spacial score (nSPS) is 15.9. The number of carbonyl (C=O) groups is 9. The van der Waals surface area contributed by atoms with Gasteiger partial charge in [0.15, 0.2) is 0 Å². The lowest BCUT2D eigenvalue weighted by Gasteiger charge is -2.38. The molecule has 8 aromatic rings. The molecule has 0 bridgehead atoms. The maximum atomic E-state index is 16.4. The van der Waals surface area contributed by atoms with E-state index in [0.717, 1.165) is 38.9 Å². The highest BCUT2D eigenvalue weighted by Gasteiger charge is 2.48. The molecule has 1 aliphatic carbocycles. The van der Waals surface area contributed by atoms with Crippen LogP contribution >= 0.6 is 11.8 Å². The van der Waals surface area contributed by atoms with Gasteiger partial charge >= 0.3 is 12.1 Å². The maximum Gasteiger partial charge on any atom is 0.407 e. The average molecular weight is 1510 g/mol. The third-order valence-electron chi connectivity index (χ3n) is 20.1. The van der Waals surface area contributed by atoms with Crippen LogP contribution in [0.4, 0.5) is 4.79 Å². The number of thioether (sulfide) groups is 1. The molecule has 0 spiro atoms. The first kappa shape index (κ1) is 81.6. The summed E-state index contributed by atoms with van der Waals surface area (Å²) >= 11 is 1.33. The summed E-state index contributed by atoms with van der Waals surface area (Å²) in [6, 6.07) is 65.9. The van der Waals surface area contributed by atoms with Gasteiger partial charge in [-0.1, -0.05) is 271 Å². The number of amides is 8. The molecule has 21 heteroatoms. The molecule has 110 heavy (non-hydrogen) atoms. The molecule has 8 amide bonds. The molecule has 20 nitrogen and oxygen atoms in total. The summed E-state index contributed by atoms with van der Waals surface area (Å²) in [7, 11) is 0. The Balaban J connectivity index is 0.983. The van der Waals surface area contributed by atoms with Gasteiger partial charge in [0, 0.05) is 24.6 Å². The Kier molecular flexibility index (Phi) is 27.5. The molecular weight excluding hydrogens is 1410 g/mol. The molecule has 0 saturated carbocycles. The van der Waals surface area contributed by atoms with Gasteiger partial charge in [-0.05, 0) is 109 Å². The minimum atomic E-state index is -1.79. The summed E-state index contributed by atoms with van der Waals surface area (Å²) in [4.78, 5) is 135. The molecule has 1 fully saturated rings. The van der Waals surface area contributed by atoms with Gasteiger partial charge in [-0.3, -0.25) is 33.6 Å². The summed E-state index contributed by atoms with van der Waals surface area (Å²) < 4.78 is 17.0. The molecule has 2 aliphatic rings. The van der Waals surface area contributed by atoms with Gasteiger partial charge in [-0.25, -0.2) is 9.59 Å². The molecule has 1 heterocycles. The molecule has 10 rings (SSSR count).